The largest absolute Gasteiger partial charge is 0.355 e. The first kappa shape index (κ1) is 17.5. The molecule has 0 saturated heterocycles. The van der Waals surface area contributed by atoms with E-state index < -0.39 is 0 Å². The Morgan fingerprint density at radius 1 is 0.846 bits per heavy atom. The maximum atomic E-state index is 4.24. The first-order valence-corrected chi connectivity index (χ1v) is 8.66. The fourth-order valence-electron chi connectivity index (χ4n) is 3.06. The minimum atomic E-state index is 0.924. The summed E-state index contributed by atoms with van der Waals surface area (Å²) >= 11 is 0. The Kier molecular flexibility index (Phi) is 5.19. The Morgan fingerprint density at radius 2 is 1.50 bits per heavy atom. The quantitative estimate of drug-likeness (QED) is 0.639. The SMILES string of the molecule is C=Cc1c(/C=C\C)c(=C)cc(Nc2ccc(-c3ccccc3)cc2)c1=C. The molecule has 0 unspecified atom stereocenters. The molecule has 0 amide bonds. The van der Waals surface area contributed by atoms with Crippen molar-refractivity contribution in [3.05, 3.63) is 94.9 Å². The number of nitrogens with one attached hydrogen (secondary N) is 1. The summed E-state index contributed by atoms with van der Waals surface area (Å²) in [5.74, 6) is 0. The van der Waals surface area contributed by atoms with Gasteiger partial charge in [0.2, 0.25) is 0 Å². The van der Waals surface area contributed by atoms with E-state index in [9.17, 15) is 0 Å². The molecule has 0 radical (unpaired) electrons. The van der Waals surface area contributed by atoms with Crippen LogP contribution in [0.15, 0.2) is 73.3 Å². The molecule has 0 aliphatic carbocycles. The number of rotatable bonds is 5. The van der Waals surface area contributed by atoms with Crippen LogP contribution in [0.2, 0.25) is 0 Å². The zero-order valence-corrected chi connectivity index (χ0v) is 15.1. The Balaban J connectivity index is 1.94. The summed E-state index contributed by atoms with van der Waals surface area (Å²) in [5, 5.41) is 5.34. The molecule has 1 nitrogen and oxygen atoms in total. The molecule has 0 fully saturated rings. The van der Waals surface area contributed by atoms with Gasteiger partial charge in [0.25, 0.3) is 0 Å². The molecule has 0 saturated carbocycles. The van der Waals surface area contributed by atoms with Crippen LogP contribution < -0.4 is 15.8 Å². The fourth-order valence-corrected chi connectivity index (χ4v) is 3.06. The summed E-state index contributed by atoms with van der Waals surface area (Å²) in [4.78, 5) is 0. The van der Waals surface area contributed by atoms with Gasteiger partial charge in [-0.2, -0.15) is 0 Å². The predicted molar refractivity (Wildman–Crippen MR) is 117 cm³/mol. The van der Waals surface area contributed by atoms with Crippen molar-refractivity contribution >= 4 is 36.7 Å². The van der Waals surface area contributed by atoms with E-state index in [1.807, 2.05) is 37.3 Å². The van der Waals surface area contributed by atoms with E-state index in [1.54, 1.807) is 0 Å². The first-order valence-electron chi connectivity index (χ1n) is 8.66. The van der Waals surface area contributed by atoms with E-state index in [4.69, 9.17) is 0 Å². The molecule has 0 aliphatic rings. The molecule has 3 aromatic carbocycles. The molecule has 0 atom stereocenters. The van der Waals surface area contributed by atoms with Gasteiger partial charge in [-0.1, -0.05) is 80.4 Å². The maximum Gasteiger partial charge on any atom is 0.0464 e. The zero-order chi connectivity index (χ0) is 18.5. The van der Waals surface area contributed by atoms with Crippen LogP contribution in [0.1, 0.15) is 18.1 Å². The van der Waals surface area contributed by atoms with Gasteiger partial charge in [0, 0.05) is 11.4 Å². The lowest BCUT2D eigenvalue weighted by atomic mass is 10.0. The highest BCUT2D eigenvalue weighted by molar-refractivity contribution is 5.74. The normalized spacial score (nSPS) is 10.8. The third-order valence-electron chi connectivity index (χ3n) is 4.41. The van der Waals surface area contributed by atoms with Crippen molar-refractivity contribution in [2.24, 2.45) is 0 Å². The van der Waals surface area contributed by atoms with Crippen molar-refractivity contribution in [1.29, 1.82) is 0 Å². The second kappa shape index (κ2) is 7.71. The molecule has 0 heterocycles. The lowest BCUT2D eigenvalue weighted by molar-refractivity contribution is 1.44. The van der Waals surface area contributed by atoms with Crippen molar-refractivity contribution in [1.82, 2.24) is 0 Å². The zero-order valence-electron chi connectivity index (χ0n) is 15.1. The lowest BCUT2D eigenvalue weighted by Gasteiger charge is -2.12. The molecule has 0 aromatic heterocycles. The summed E-state index contributed by atoms with van der Waals surface area (Å²) in [5.41, 5.74) is 6.45. The van der Waals surface area contributed by atoms with Gasteiger partial charge >= 0.3 is 0 Å². The van der Waals surface area contributed by atoms with Crippen LogP contribution in [0.25, 0.3) is 36.4 Å². The smallest absolute Gasteiger partial charge is 0.0464 e. The van der Waals surface area contributed by atoms with Crippen molar-refractivity contribution < 1.29 is 0 Å². The minimum Gasteiger partial charge on any atom is -0.355 e. The highest BCUT2D eigenvalue weighted by atomic mass is 14.9. The molecule has 26 heavy (non-hydrogen) atoms. The molecule has 3 rings (SSSR count). The highest BCUT2D eigenvalue weighted by Gasteiger charge is 2.05. The van der Waals surface area contributed by atoms with E-state index in [0.29, 0.717) is 0 Å². The van der Waals surface area contributed by atoms with Crippen LogP contribution in [0.3, 0.4) is 0 Å². The Morgan fingerprint density at radius 3 is 2.12 bits per heavy atom. The Labute approximate surface area is 155 Å². The molecule has 128 valence electrons. The second-order valence-corrected chi connectivity index (χ2v) is 6.16. The lowest BCUT2D eigenvalue weighted by Crippen LogP contribution is -2.19. The number of anilines is 2. The van der Waals surface area contributed by atoms with Gasteiger partial charge in [-0.05, 0) is 57.8 Å². The summed E-state index contributed by atoms with van der Waals surface area (Å²) in [6.45, 7) is 14.4. The van der Waals surface area contributed by atoms with E-state index in [1.165, 1.54) is 11.1 Å². The van der Waals surface area contributed by atoms with Crippen LogP contribution in [0, 0.1) is 0 Å². The van der Waals surface area contributed by atoms with Crippen molar-refractivity contribution in [3.63, 3.8) is 0 Å². The number of hydrogen-bond donors (Lipinski definition) is 1. The maximum absolute atomic E-state index is 4.24. The summed E-state index contributed by atoms with van der Waals surface area (Å²) in [7, 11) is 0. The number of allylic oxidation sites excluding steroid dienone is 1. The van der Waals surface area contributed by atoms with Crippen molar-refractivity contribution in [2.45, 2.75) is 6.92 Å². The van der Waals surface area contributed by atoms with Gasteiger partial charge in [-0.3, -0.25) is 0 Å². The van der Waals surface area contributed by atoms with E-state index >= 15 is 0 Å². The van der Waals surface area contributed by atoms with Gasteiger partial charge in [0.15, 0.2) is 0 Å². The molecular weight excluding hydrogens is 314 g/mol. The van der Waals surface area contributed by atoms with Gasteiger partial charge in [0.05, 0.1) is 0 Å². The van der Waals surface area contributed by atoms with Crippen molar-refractivity contribution in [3.8, 4) is 11.1 Å². The molecule has 0 bridgehead atoms. The van der Waals surface area contributed by atoms with Gasteiger partial charge in [0.1, 0.15) is 0 Å². The van der Waals surface area contributed by atoms with Crippen LogP contribution >= 0.6 is 0 Å². The summed E-state index contributed by atoms with van der Waals surface area (Å²) < 4.78 is 0. The molecular formula is C25H23N. The van der Waals surface area contributed by atoms with Gasteiger partial charge in [-0.25, -0.2) is 0 Å². The Hall–Kier alpha value is -3.32. The van der Waals surface area contributed by atoms with Gasteiger partial charge in [-0.15, -0.1) is 0 Å². The van der Waals surface area contributed by atoms with Crippen LogP contribution in [-0.2, 0) is 0 Å². The average Bonchev–Trinajstić information content (AvgIpc) is 2.67. The van der Waals surface area contributed by atoms with E-state index in [2.05, 4.69) is 73.6 Å². The standard InChI is InChI=1S/C25H23N/c1-5-10-24-18(3)17-25(19(4)23(24)6-2)26-22-15-13-21(14-16-22)20-11-8-7-9-12-20/h5-17,26H,2-4H2,1H3/b10-5-. The molecule has 0 aliphatic heterocycles. The topological polar surface area (TPSA) is 12.0 Å². The molecule has 1 heteroatoms. The van der Waals surface area contributed by atoms with Crippen LogP contribution in [0.5, 0.6) is 0 Å². The average molecular weight is 337 g/mol. The summed E-state index contributed by atoms with van der Waals surface area (Å²) in [6, 6.07) is 20.8. The highest BCUT2D eigenvalue weighted by Crippen LogP contribution is 2.22. The predicted octanol–water partition coefficient (Wildman–Crippen LogP) is 5.59. The monoisotopic (exact) mass is 337 g/mol. The third kappa shape index (κ3) is 3.52. The first-order chi connectivity index (χ1) is 12.6. The molecule has 3 aromatic rings. The van der Waals surface area contributed by atoms with Crippen LogP contribution in [-0.4, -0.2) is 0 Å². The third-order valence-corrected chi connectivity index (χ3v) is 4.41. The van der Waals surface area contributed by atoms with E-state index in [0.717, 1.165) is 32.9 Å². The minimum absolute atomic E-state index is 0.924. The second-order valence-electron chi connectivity index (χ2n) is 6.16. The molecule has 1 N–H and O–H groups in total. The van der Waals surface area contributed by atoms with Crippen LogP contribution in [0.4, 0.5) is 11.4 Å². The Bertz CT molecular complexity index is 1040. The van der Waals surface area contributed by atoms with Crippen molar-refractivity contribution in [2.75, 3.05) is 5.32 Å². The fraction of sp³-hybridized carbons (Fsp3) is 0.0400. The van der Waals surface area contributed by atoms with Gasteiger partial charge < -0.3 is 5.32 Å². The molecule has 0 spiro atoms. The number of hydrogen-bond acceptors (Lipinski definition) is 1. The van der Waals surface area contributed by atoms with E-state index in [-0.39, 0.29) is 0 Å². The summed E-state index contributed by atoms with van der Waals surface area (Å²) in [6.07, 6.45) is 5.90. The number of benzene rings is 3.